The molecule has 0 fully saturated rings. The average molecular weight is 515 g/mol. The van der Waals surface area contributed by atoms with Crippen LogP contribution < -0.4 is 10.1 Å². The van der Waals surface area contributed by atoms with Gasteiger partial charge in [0.1, 0.15) is 11.9 Å². The predicted molar refractivity (Wildman–Crippen MR) is 147 cm³/mol. The third-order valence-electron chi connectivity index (χ3n) is 6.54. The Kier molecular flexibility index (Phi) is 9.51. The largest absolute Gasteiger partial charge is 0.494 e. The van der Waals surface area contributed by atoms with Gasteiger partial charge in [0.2, 0.25) is 11.8 Å². The first-order valence-electron chi connectivity index (χ1n) is 13.0. The van der Waals surface area contributed by atoms with Crippen molar-refractivity contribution in [2.75, 3.05) is 13.2 Å². The zero-order valence-corrected chi connectivity index (χ0v) is 21.6. The van der Waals surface area contributed by atoms with Crippen LogP contribution in [0.3, 0.4) is 0 Å². The second-order valence-corrected chi connectivity index (χ2v) is 9.41. The third kappa shape index (κ3) is 7.93. The van der Waals surface area contributed by atoms with E-state index in [-0.39, 0.29) is 24.5 Å². The van der Waals surface area contributed by atoms with E-state index in [1.165, 1.54) is 0 Å². The second-order valence-electron chi connectivity index (χ2n) is 9.41. The van der Waals surface area contributed by atoms with E-state index in [1.54, 1.807) is 0 Å². The van der Waals surface area contributed by atoms with Gasteiger partial charge in [-0.2, -0.15) is 0 Å². The highest BCUT2D eigenvalue weighted by Gasteiger charge is 2.27. The molecule has 1 aliphatic rings. The minimum atomic E-state index is -0.837. The Labute approximate surface area is 223 Å². The lowest BCUT2D eigenvalue weighted by molar-refractivity contribution is -0.137. The highest BCUT2D eigenvalue weighted by molar-refractivity contribution is 5.95. The van der Waals surface area contributed by atoms with Gasteiger partial charge in [0, 0.05) is 24.9 Å². The van der Waals surface area contributed by atoms with E-state index < -0.39 is 5.97 Å². The summed E-state index contributed by atoms with van der Waals surface area (Å²) >= 11 is 0. The van der Waals surface area contributed by atoms with E-state index in [0.29, 0.717) is 50.5 Å². The number of amides is 1. The van der Waals surface area contributed by atoms with E-state index in [2.05, 4.69) is 5.32 Å². The Balaban J connectivity index is 1.32. The average Bonchev–Trinajstić information content (AvgIpc) is 3.29. The topological polar surface area (TPSA) is 97.2 Å². The van der Waals surface area contributed by atoms with Crippen molar-refractivity contribution in [2.45, 2.75) is 51.2 Å². The van der Waals surface area contributed by atoms with Crippen molar-refractivity contribution in [1.29, 1.82) is 0 Å². The van der Waals surface area contributed by atoms with Crippen molar-refractivity contribution in [2.24, 2.45) is 4.99 Å². The second kappa shape index (κ2) is 13.4. The number of carboxylic acid groups (broad SMARTS) is 1. The van der Waals surface area contributed by atoms with Gasteiger partial charge < -0.3 is 19.9 Å². The molecule has 0 bridgehead atoms. The van der Waals surface area contributed by atoms with E-state index in [1.807, 2.05) is 85.8 Å². The summed E-state index contributed by atoms with van der Waals surface area (Å²) in [5, 5.41) is 12.1. The zero-order valence-electron chi connectivity index (χ0n) is 21.6. The van der Waals surface area contributed by atoms with Gasteiger partial charge in [0.05, 0.1) is 19.1 Å². The molecule has 0 saturated heterocycles. The van der Waals surface area contributed by atoms with Gasteiger partial charge in [-0.15, -0.1) is 0 Å². The molecule has 2 N–H and O–H groups in total. The normalized spacial score (nSPS) is 16.4. The van der Waals surface area contributed by atoms with E-state index in [9.17, 15) is 9.59 Å². The molecule has 0 aromatic heterocycles. The molecule has 7 heteroatoms. The maximum absolute atomic E-state index is 12.3. The quantitative estimate of drug-likeness (QED) is 0.347. The summed E-state index contributed by atoms with van der Waals surface area (Å²) in [6.07, 6.45) is 2.08. The number of hydrogen-bond acceptors (Lipinski definition) is 5. The first-order valence-corrected chi connectivity index (χ1v) is 13.0. The van der Waals surface area contributed by atoms with Crippen molar-refractivity contribution in [3.63, 3.8) is 0 Å². The minimum absolute atomic E-state index is 0.0133. The highest BCUT2D eigenvalue weighted by Crippen LogP contribution is 2.23. The number of aliphatic carboxylic acids is 1. The summed E-state index contributed by atoms with van der Waals surface area (Å²) in [4.78, 5) is 28.2. The minimum Gasteiger partial charge on any atom is -0.494 e. The van der Waals surface area contributed by atoms with Gasteiger partial charge in [0.15, 0.2) is 0 Å². The number of carboxylic acids is 1. The Bertz CT molecular complexity index is 1240. The van der Waals surface area contributed by atoms with Crippen molar-refractivity contribution in [1.82, 2.24) is 5.32 Å². The molecule has 0 radical (unpaired) electrons. The molecule has 1 heterocycles. The number of aryl methyl sites for hydroxylation is 1. The van der Waals surface area contributed by atoms with Crippen LogP contribution in [0.25, 0.3) is 0 Å². The lowest BCUT2D eigenvalue weighted by Gasteiger charge is -2.15. The molecule has 3 aromatic rings. The molecular weight excluding hydrogens is 480 g/mol. The number of benzene rings is 3. The van der Waals surface area contributed by atoms with Crippen LogP contribution in [0, 0.1) is 0 Å². The smallest absolute Gasteiger partial charge is 0.303 e. The zero-order chi connectivity index (χ0) is 26.7. The Morgan fingerprint density at radius 3 is 2.45 bits per heavy atom. The molecule has 4 rings (SSSR count). The van der Waals surface area contributed by atoms with Crippen LogP contribution in [-0.4, -0.2) is 48.2 Å². The predicted octanol–water partition coefficient (Wildman–Crippen LogP) is 4.61. The maximum atomic E-state index is 12.3. The van der Waals surface area contributed by atoms with Gasteiger partial charge in [-0.25, -0.2) is 4.99 Å². The number of hydrogen-bond donors (Lipinski definition) is 2. The Morgan fingerprint density at radius 1 is 0.974 bits per heavy atom. The summed E-state index contributed by atoms with van der Waals surface area (Å²) in [5.41, 5.74) is 3.86. The molecule has 2 atom stereocenters. The standard InChI is InChI=1S/C31H34N2O5/c1-22-28(33-31(38-22)25-10-6-3-7-11-25)17-19-37-27-14-12-24(13-15-30(35)36)26(21-27)16-18-32-29(34)20-23-8-4-2-5-9-23/h2-12,14,21-22,28H,13,15-20H2,1H3,(H,32,34)(H,35,36). The van der Waals surface area contributed by atoms with E-state index >= 15 is 0 Å². The third-order valence-corrected chi connectivity index (χ3v) is 6.54. The van der Waals surface area contributed by atoms with Crippen LogP contribution in [0.2, 0.25) is 0 Å². The van der Waals surface area contributed by atoms with Gasteiger partial charge >= 0.3 is 5.97 Å². The number of aliphatic imine (C=N–C) groups is 1. The van der Waals surface area contributed by atoms with Crippen LogP contribution in [-0.2, 0) is 33.6 Å². The number of nitrogens with one attached hydrogen (secondary N) is 1. The van der Waals surface area contributed by atoms with Crippen LogP contribution in [0.4, 0.5) is 0 Å². The molecule has 1 amide bonds. The SMILES string of the molecule is CC1OC(c2ccccc2)=NC1CCOc1ccc(CCC(=O)O)c(CCNC(=O)Cc2ccccc2)c1. The summed E-state index contributed by atoms with van der Waals surface area (Å²) in [7, 11) is 0. The van der Waals surface area contributed by atoms with Crippen molar-refractivity contribution in [3.8, 4) is 5.75 Å². The molecule has 1 aliphatic heterocycles. The lowest BCUT2D eigenvalue weighted by Crippen LogP contribution is -2.27. The highest BCUT2D eigenvalue weighted by atomic mass is 16.5. The molecule has 0 aliphatic carbocycles. The van der Waals surface area contributed by atoms with Gasteiger partial charge in [0.25, 0.3) is 0 Å². The maximum Gasteiger partial charge on any atom is 0.303 e. The fourth-order valence-corrected chi connectivity index (χ4v) is 4.45. The molecule has 3 aromatic carbocycles. The first kappa shape index (κ1) is 26.9. The number of ether oxygens (including phenoxy) is 2. The van der Waals surface area contributed by atoms with E-state index in [0.717, 1.165) is 22.3 Å². The van der Waals surface area contributed by atoms with Crippen LogP contribution in [0.1, 0.15) is 42.0 Å². The number of nitrogens with zero attached hydrogens (tertiary/aromatic N) is 1. The summed E-state index contributed by atoms with van der Waals surface area (Å²) in [5.74, 6) is 0.505. The Hall–Kier alpha value is -4.13. The summed E-state index contributed by atoms with van der Waals surface area (Å²) < 4.78 is 12.0. The molecule has 0 spiro atoms. The fraction of sp³-hybridized carbons (Fsp3) is 0.323. The Morgan fingerprint density at radius 2 is 1.71 bits per heavy atom. The van der Waals surface area contributed by atoms with E-state index in [4.69, 9.17) is 19.6 Å². The van der Waals surface area contributed by atoms with Crippen LogP contribution in [0.15, 0.2) is 83.9 Å². The molecular formula is C31H34N2O5. The molecule has 38 heavy (non-hydrogen) atoms. The molecule has 2 unspecified atom stereocenters. The molecule has 198 valence electrons. The molecule has 0 saturated carbocycles. The van der Waals surface area contributed by atoms with Crippen LogP contribution in [0.5, 0.6) is 5.75 Å². The fourth-order valence-electron chi connectivity index (χ4n) is 4.45. The lowest BCUT2D eigenvalue weighted by atomic mass is 10.00. The summed E-state index contributed by atoms with van der Waals surface area (Å²) in [6.45, 7) is 2.96. The number of rotatable bonds is 13. The van der Waals surface area contributed by atoms with Crippen molar-refractivity contribution < 1.29 is 24.2 Å². The van der Waals surface area contributed by atoms with Gasteiger partial charge in [-0.05, 0) is 60.7 Å². The first-order chi connectivity index (χ1) is 18.5. The van der Waals surface area contributed by atoms with Gasteiger partial charge in [-0.1, -0.05) is 54.6 Å². The van der Waals surface area contributed by atoms with Crippen molar-refractivity contribution >= 4 is 17.8 Å². The monoisotopic (exact) mass is 514 g/mol. The van der Waals surface area contributed by atoms with Gasteiger partial charge in [-0.3, -0.25) is 9.59 Å². The van der Waals surface area contributed by atoms with Crippen LogP contribution >= 0.6 is 0 Å². The summed E-state index contributed by atoms with van der Waals surface area (Å²) in [6, 6.07) is 25.2. The number of carbonyl (C=O) groups is 2. The number of carbonyl (C=O) groups excluding carboxylic acids is 1. The molecule has 7 nitrogen and oxygen atoms in total. The van der Waals surface area contributed by atoms with Crippen molar-refractivity contribution in [3.05, 3.63) is 101 Å².